The monoisotopic (exact) mass is 421 g/mol. The summed E-state index contributed by atoms with van der Waals surface area (Å²) in [5.74, 6) is -1.20. The number of esters is 1. The SMILES string of the molecule is COC(=O)c1ccc(NC(=O)Cn2nnc(C(=O)Nc3cc(C)ccc3C)c2C)cc1. The maximum Gasteiger partial charge on any atom is 0.337 e. The van der Waals surface area contributed by atoms with Gasteiger partial charge in [-0.1, -0.05) is 17.3 Å². The van der Waals surface area contributed by atoms with Crippen LogP contribution in [0.1, 0.15) is 37.7 Å². The highest BCUT2D eigenvalue weighted by Gasteiger charge is 2.19. The normalized spacial score (nSPS) is 10.5. The number of methoxy groups -OCH3 is 1. The van der Waals surface area contributed by atoms with Gasteiger partial charge in [-0.2, -0.15) is 0 Å². The van der Waals surface area contributed by atoms with Gasteiger partial charge < -0.3 is 15.4 Å². The zero-order valence-corrected chi connectivity index (χ0v) is 17.7. The molecule has 9 heteroatoms. The summed E-state index contributed by atoms with van der Waals surface area (Å²) in [4.78, 5) is 36.5. The number of ether oxygens (including phenoxy) is 1. The van der Waals surface area contributed by atoms with E-state index in [9.17, 15) is 14.4 Å². The van der Waals surface area contributed by atoms with Gasteiger partial charge in [0.2, 0.25) is 5.91 Å². The van der Waals surface area contributed by atoms with Crippen molar-refractivity contribution < 1.29 is 19.1 Å². The molecule has 0 fully saturated rings. The van der Waals surface area contributed by atoms with Crippen LogP contribution in [0.3, 0.4) is 0 Å². The molecule has 0 aliphatic rings. The molecule has 0 spiro atoms. The number of carbonyl (C=O) groups is 3. The third-order valence-electron chi connectivity index (χ3n) is 4.72. The summed E-state index contributed by atoms with van der Waals surface area (Å²) < 4.78 is 6.00. The maximum absolute atomic E-state index is 12.6. The number of benzene rings is 2. The Balaban J connectivity index is 1.65. The van der Waals surface area contributed by atoms with Crippen molar-refractivity contribution in [3.63, 3.8) is 0 Å². The van der Waals surface area contributed by atoms with Crippen LogP contribution in [0.4, 0.5) is 11.4 Å². The van der Waals surface area contributed by atoms with Crippen molar-refractivity contribution in [1.29, 1.82) is 0 Å². The van der Waals surface area contributed by atoms with Crippen LogP contribution < -0.4 is 10.6 Å². The summed E-state index contributed by atoms with van der Waals surface area (Å²) >= 11 is 0. The number of nitrogens with zero attached hydrogens (tertiary/aromatic N) is 3. The van der Waals surface area contributed by atoms with Crippen LogP contribution in [0.2, 0.25) is 0 Å². The van der Waals surface area contributed by atoms with Gasteiger partial charge in [-0.25, -0.2) is 9.48 Å². The molecule has 1 aromatic heterocycles. The van der Waals surface area contributed by atoms with Crippen LogP contribution in [0.15, 0.2) is 42.5 Å². The van der Waals surface area contributed by atoms with Gasteiger partial charge in [-0.3, -0.25) is 9.59 Å². The highest BCUT2D eigenvalue weighted by molar-refractivity contribution is 6.04. The van der Waals surface area contributed by atoms with E-state index in [0.717, 1.165) is 11.1 Å². The van der Waals surface area contributed by atoms with Crippen LogP contribution in [0.5, 0.6) is 0 Å². The van der Waals surface area contributed by atoms with Crippen molar-refractivity contribution in [2.45, 2.75) is 27.3 Å². The molecule has 0 saturated carbocycles. The first-order valence-electron chi connectivity index (χ1n) is 9.55. The molecule has 0 saturated heterocycles. The van der Waals surface area contributed by atoms with E-state index in [2.05, 4.69) is 25.7 Å². The Morgan fingerprint density at radius 3 is 2.39 bits per heavy atom. The molecule has 31 heavy (non-hydrogen) atoms. The van der Waals surface area contributed by atoms with E-state index in [1.54, 1.807) is 31.2 Å². The summed E-state index contributed by atoms with van der Waals surface area (Å²) in [6.07, 6.45) is 0. The van der Waals surface area contributed by atoms with Crippen LogP contribution in [0, 0.1) is 20.8 Å². The Kier molecular flexibility index (Phi) is 6.44. The molecule has 0 bridgehead atoms. The van der Waals surface area contributed by atoms with E-state index < -0.39 is 11.9 Å². The van der Waals surface area contributed by atoms with Crippen molar-refractivity contribution in [1.82, 2.24) is 15.0 Å². The number of aromatic nitrogens is 3. The first kappa shape index (κ1) is 21.7. The first-order chi connectivity index (χ1) is 14.8. The molecule has 2 aromatic carbocycles. The van der Waals surface area contributed by atoms with Gasteiger partial charge in [0.05, 0.1) is 18.4 Å². The van der Waals surface area contributed by atoms with Gasteiger partial charge in [0.15, 0.2) is 5.69 Å². The van der Waals surface area contributed by atoms with Gasteiger partial charge in [-0.15, -0.1) is 5.10 Å². The lowest BCUT2D eigenvalue weighted by atomic mass is 10.1. The second-order valence-corrected chi connectivity index (χ2v) is 7.07. The van der Waals surface area contributed by atoms with Crippen molar-refractivity contribution in [3.05, 3.63) is 70.5 Å². The molecular formula is C22H23N5O4. The fourth-order valence-corrected chi connectivity index (χ4v) is 2.92. The number of nitrogens with one attached hydrogen (secondary N) is 2. The van der Waals surface area contributed by atoms with Crippen LogP contribution in [0.25, 0.3) is 0 Å². The lowest BCUT2D eigenvalue weighted by Crippen LogP contribution is -2.21. The Morgan fingerprint density at radius 1 is 1.00 bits per heavy atom. The van der Waals surface area contributed by atoms with Crippen LogP contribution in [-0.2, 0) is 16.1 Å². The zero-order chi connectivity index (χ0) is 22.5. The smallest absolute Gasteiger partial charge is 0.337 e. The van der Waals surface area contributed by atoms with Gasteiger partial charge in [0.25, 0.3) is 5.91 Å². The number of carbonyl (C=O) groups excluding carboxylic acids is 3. The van der Waals surface area contributed by atoms with E-state index in [1.165, 1.54) is 11.8 Å². The third-order valence-corrected chi connectivity index (χ3v) is 4.72. The minimum atomic E-state index is -0.456. The number of anilines is 2. The number of hydrogen-bond acceptors (Lipinski definition) is 6. The topological polar surface area (TPSA) is 115 Å². The molecule has 2 amide bonds. The summed E-state index contributed by atoms with van der Waals surface area (Å²) in [5, 5.41) is 13.4. The molecule has 0 aliphatic carbocycles. The lowest BCUT2D eigenvalue weighted by molar-refractivity contribution is -0.117. The molecule has 2 N–H and O–H groups in total. The van der Waals surface area contributed by atoms with E-state index >= 15 is 0 Å². The number of rotatable bonds is 6. The zero-order valence-electron chi connectivity index (χ0n) is 17.7. The van der Waals surface area contributed by atoms with Gasteiger partial charge >= 0.3 is 5.97 Å². The molecular weight excluding hydrogens is 398 g/mol. The molecule has 160 valence electrons. The number of aryl methyl sites for hydroxylation is 2. The molecule has 1 heterocycles. The Morgan fingerprint density at radius 2 is 1.71 bits per heavy atom. The lowest BCUT2D eigenvalue weighted by Gasteiger charge is -2.09. The predicted octanol–water partition coefficient (Wildman–Crippen LogP) is 2.88. The predicted molar refractivity (Wildman–Crippen MR) is 115 cm³/mol. The second kappa shape index (κ2) is 9.21. The molecule has 3 aromatic rings. The number of amides is 2. The second-order valence-electron chi connectivity index (χ2n) is 7.07. The van der Waals surface area contributed by atoms with Gasteiger partial charge in [-0.05, 0) is 62.2 Å². The van der Waals surface area contributed by atoms with Crippen molar-refractivity contribution in [2.24, 2.45) is 0 Å². The Bertz CT molecular complexity index is 1140. The maximum atomic E-state index is 12.6. The summed E-state index contributed by atoms with van der Waals surface area (Å²) in [5.41, 5.74) is 4.18. The van der Waals surface area contributed by atoms with Crippen molar-refractivity contribution in [3.8, 4) is 0 Å². The Hall–Kier alpha value is -4.01. The highest BCUT2D eigenvalue weighted by atomic mass is 16.5. The minimum absolute atomic E-state index is 0.117. The molecule has 0 radical (unpaired) electrons. The number of hydrogen-bond donors (Lipinski definition) is 2. The first-order valence-corrected chi connectivity index (χ1v) is 9.55. The molecule has 3 rings (SSSR count). The van der Waals surface area contributed by atoms with E-state index in [4.69, 9.17) is 0 Å². The molecule has 0 atom stereocenters. The molecule has 0 aliphatic heterocycles. The average Bonchev–Trinajstić information content (AvgIpc) is 3.10. The van der Waals surface area contributed by atoms with Crippen molar-refractivity contribution >= 4 is 29.2 Å². The van der Waals surface area contributed by atoms with Crippen molar-refractivity contribution in [2.75, 3.05) is 17.7 Å². The molecule has 0 unspecified atom stereocenters. The largest absolute Gasteiger partial charge is 0.465 e. The Labute approximate surface area is 179 Å². The van der Waals surface area contributed by atoms with Crippen LogP contribution >= 0.6 is 0 Å². The summed E-state index contributed by atoms with van der Waals surface area (Å²) in [6.45, 7) is 5.41. The van der Waals surface area contributed by atoms with Crippen LogP contribution in [-0.4, -0.2) is 39.9 Å². The van der Waals surface area contributed by atoms with Gasteiger partial charge in [0.1, 0.15) is 6.54 Å². The highest BCUT2D eigenvalue weighted by Crippen LogP contribution is 2.18. The minimum Gasteiger partial charge on any atom is -0.465 e. The summed E-state index contributed by atoms with van der Waals surface area (Å²) in [7, 11) is 1.30. The van der Waals surface area contributed by atoms with E-state index in [-0.39, 0.29) is 18.1 Å². The van der Waals surface area contributed by atoms with Gasteiger partial charge in [0, 0.05) is 11.4 Å². The quantitative estimate of drug-likeness (QED) is 0.592. The van der Waals surface area contributed by atoms with E-state index in [0.29, 0.717) is 22.6 Å². The fraction of sp³-hybridized carbons (Fsp3) is 0.227. The summed E-state index contributed by atoms with van der Waals surface area (Å²) in [6, 6.07) is 12.1. The fourth-order valence-electron chi connectivity index (χ4n) is 2.92. The average molecular weight is 421 g/mol. The molecule has 9 nitrogen and oxygen atoms in total. The third kappa shape index (κ3) is 5.13. The van der Waals surface area contributed by atoms with E-state index in [1.807, 2.05) is 32.0 Å². The standard InChI is InChI=1S/C22H23N5O4/c1-13-5-6-14(2)18(11-13)24-21(29)20-15(3)27(26-25-20)12-19(28)23-17-9-7-16(8-10-17)22(30)31-4/h5-11H,12H2,1-4H3,(H,23,28)(H,24,29).